The molecule has 1 rings (SSSR count). The summed E-state index contributed by atoms with van der Waals surface area (Å²) in [4.78, 5) is 10.4. The molecular formula is C7H10O6. The Morgan fingerprint density at radius 3 is 2.69 bits per heavy atom. The quantitative estimate of drug-likeness (QED) is 0.499. The SMILES string of the molecule is COC1OC(C(=O)O)=CC(O)C1O. The van der Waals surface area contributed by atoms with E-state index < -0.39 is 30.2 Å². The lowest BCUT2D eigenvalue weighted by Gasteiger charge is -2.29. The maximum Gasteiger partial charge on any atom is 0.371 e. The molecule has 3 unspecified atom stereocenters. The number of aliphatic hydroxyl groups is 2. The number of hydrogen-bond acceptors (Lipinski definition) is 5. The van der Waals surface area contributed by atoms with Crippen LogP contribution >= 0.6 is 0 Å². The summed E-state index contributed by atoms with van der Waals surface area (Å²) in [6.45, 7) is 0. The van der Waals surface area contributed by atoms with Gasteiger partial charge in [-0.2, -0.15) is 0 Å². The summed E-state index contributed by atoms with van der Waals surface area (Å²) in [7, 11) is 1.24. The topological polar surface area (TPSA) is 96.2 Å². The van der Waals surface area contributed by atoms with Crippen LogP contribution in [0.15, 0.2) is 11.8 Å². The summed E-state index contributed by atoms with van der Waals surface area (Å²) in [5, 5.41) is 26.9. The Morgan fingerprint density at radius 1 is 1.62 bits per heavy atom. The van der Waals surface area contributed by atoms with E-state index >= 15 is 0 Å². The number of aliphatic carboxylic acids is 1. The molecule has 6 heteroatoms. The van der Waals surface area contributed by atoms with Crippen LogP contribution < -0.4 is 0 Å². The van der Waals surface area contributed by atoms with Crippen LogP contribution in [0.3, 0.4) is 0 Å². The van der Waals surface area contributed by atoms with Gasteiger partial charge in [-0.15, -0.1) is 0 Å². The summed E-state index contributed by atoms with van der Waals surface area (Å²) >= 11 is 0. The van der Waals surface area contributed by atoms with E-state index in [4.69, 9.17) is 14.9 Å². The summed E-state index contributed by atoms with van der Waals surface area (Å²) in [6, 6.07) is 0. The first-order valence-corrected chi connectivity index (χ1v) is 3.57. The second-order valence-electron chi connectivity index (χ2n) is 2.54. The van der Waals surface area contributed by atoms with Crippen molar-refractivity contribution in [1.82, 2.24) is 0 Å². The third-order valence-corrected chi connectivity index (χ3v) is 1.64. The standard InChI is InChI=1S/C7H10O6/c1-12-7-5(9)3(8)2-4(13-7)6(10)11/h2-3,5,7-9H,1H3,(H,10,11). The molecule has 6 nitrogen and oxygen atoms in total. The highest BCUT2D eigenvalue weighted by Crippen LogP contribution is 2.18. The van der Waals surface area contributed by atoms with Crippen LogP contribution in [0.2, 0.25) is 0 Å². The van der Waals surface area contributed by atoms with Gasteiger partial charge in [0.25, 0.3) is 0 Å². The minimum Gasteiger partial charge on any atom is -0.475 e. The molecule has 0 radical (unpaired) electrons. The van der Waals surface area contributed by atoms with Gasteiger partial charge in [0, 0.05) is 7.11 Å². The largest absolute Gasteiger partial charge is 0.475 e. The first kappa shape index (κ1) is 9.97. The summed E-state index contributed by atoms with van der Waals surface area (Å²) in [6.07, 6.45) is -2.79. The van der Waals surface area contributed by atoms with Gasteiger partial charge in [-0.25, -0.2) is 4.79 Å². The average molecular weight is 190 g/mol. The van der Waals surface area contributed by atoms with Crippen LogP contribution in [0.25, 0.3) is 0 Å². The normalized spacial score (nSPS) is 33.5. The number of carboxylic acids is 1. The van der Waals surface area contributed by atoms with Crippen molar-refractivity contribution < 1.29 is 29.6 Å². The fraction of sp³-hybridized carbons (Fsp3) is 0.571. The fourth-order valence-electron chi connectivity index (χ4n) is 0.958. The second kappa shape index (κ2) is 3.73. The number of hydrogen-bond donors (Lipinski definition) is 3. The van der Waals surface area contributed by atoms with Crippen LogP contribution in [0.1, 0.15) is 0 Å². The summed E-state index contributed by atoms with van der Waals surface area (Å²) < 4.78 is 9.33. The molecule has 0 aromatic heterocycles. The highest BCUT2D eigenvalue weighted by molar-refractivity contribution is 5.84. The molecule has 0 spiro atoms. The number of methoxy groups -OCH3 is 1. The molecule has 0 saturated heterocycles. The molecule has 3 N–H and O–H groups in total. The van der Waals surface area contributed by atoms with Crippen LogP contribution in [-0.4, -0.2) is 46.9 Å². The molecule has 1 aliphatic rings. The van der Waals surface area contributed by atoms with Gasteiger partial charge in [0.15, 0.2) is 0 Å². The van der Waals surface area contributed by atoms with Crippen molar-refractivity contribution in [2.24, 2.45) is 0 Å². The summed E-state index contributed by atoms with van der Waals surface area (Å²) in [5.74, 6) is -1.74. The molecule has 1 aliphatic heterocycles. The van der Waals surface area contributed by atoms with E-state index in [9.17, 15) is 9.90 Å². The van der Waals surface area contributed by atoms with Gasteiger partial charge in [0.2, 0.25) is 12.0 Å². The van der Waals surface area contributed by atoms with E-state index in [0.29, 0.717) is 0 Å². The zero-order chi connectivity index (χ0) is 10.0. The lowest BCUT2D eigenvalue weighted by Crippen LogP contribution is -2.43. The van der Waals surface area contributed by atoms with E-state index in [1.54, 1.807) is 0 Å². The molecule has 0 aliphatic carbocycles. The average Bonchev–Trinajstić information content (AvgIpc) is 2.09. The Balaban J connectivity index is 2.81. The number of carbonyl (C=O) groups is 1. The molecule has 0 bridgehead atoms. The number of carboxylic acid groups (broad SMARTS) is 1. The van der Waals surface area contributed by atoms with Crippen molar-refractivity contribution in [3.8, 4) is 0 Å². The number of ether oxygens (including phenoxy) is 2. The van der Waals surface area contributed by atoms with Gasteiger partial charge in [0.1, 0.15) is 12.2 Å². The van der Waals surface area contributed by atoms with Crippen molar-refractivity contribution in [3.05, 3.63) is 11.8 Å². The number of aliphatic hydroxyl groups excluding tert-OH is 2. The zero-order valence-electron chi connectivity index (χ0n) is 6.88. The molecule has 74 valence electrons. The predicted octanol–water partition coefficient (Wildman–Crippen LogP) is -1.32. The lowest BCUT2D eigenvalue weighted by atomic mass is 10.1. The minimum absolute atomic E-state index is 0.426. The van der Waals surface area contributed by atoms with E-state index in [1.807, 2.05) is 0 Å². The van der Waals surface area contributed by atoms with Gasteiger partial charge in [-0.3, -0.25) is 0 Å². The first-order valence-electron chi connectivity index (χ1n) is 3.57. The van der Waals surface area contributed by atoms with Gasteiger partial charge in [0.05, 0.1) is 0 Å². The van der Waals surface area contributed by atoms with Crippen LogP contribution in [0.5, 0.6) is 0 Å². The molecule has 0 amide bonds. The maximum absolute atomic E-state index is 10.4. The molecule has 0 aromatic rings. The third kappa shape index (κ3) is 1.97. The van der Waals surface area contributed by atoms with Crippen LogP contribution in [0.4, 0.5) is 0 Å². The van der Waals surface area contributed by atoms with E-state index in [-0.39, 0.29) is 0 Å². The molecule has 0 saturated carbocycles. The molecule has 0 aromatic carbocycles. The molecule has 13 heavy (non-hydrogen) atoms. The highest BCUT2D eigenvalue weighted by Gasteiger charge is 2.34. The Morgan fingerprint density at radius 2 is 2.23 bits per heavy atom. The Bertz CT molecular complexity index is 235. The van der Waals surface area contributed by atoms with Gasteiger partial charge < -0.3 is 24.8 Å². The van der Waals surface area contributed by atoms with Crippen molar-refractivity contribution in [2.45, 2.75) is 18.5 Å². The fourth-order valence-corrected chi connectivity index (χ4v) is 0.958. The minimum atomic E-state index is -1.31. The van der Waals surface area contributed by atoms with Crippen LogP contribution in [0, 0.1) is 0 Å². The monoisotopic (exact) mass is 190 g/mol. The number of rotatable bonds is 2. The van der Waals surface area contributed by atoms with E-state index in [1.165, 1.54) is 7.11 Å². The van der Waals surface area contributed by atoms with Crippen molar-refractivity contribution in [1.29, 1.82) is 0 Å². The zero-order valence-corrected chi connectivity index (χ0v) is 6.88. The maximum atomic E-state index is 10.4. The molecule has 3 atom stereocenters. The van der Waals surface area contributed by atoms with Gasteiger partial charge >= 0.3 is 5.97 Å². The van der Waals surface area contributed by atoms with Crippen molar-refractivity contribution >= 4 is 5.97 Å². The van der Waals surface area contributed by atoms with E-state index in [2.05, 4.69) is 4.74 Å². The second-order valence-corrected chi connectivity index (χ2v) is 2.54. The summed E-state index contributed by atoms with van der Waals surface area (Å²) in [5.41, 5.74) is 0. The molecular weight excluding hydrogens is 180 g/mol. The Kier molecular flexibility index (Phi) is 2.86. The third-order valence-electron chi connectivity index (χ3n) is 1.64. The first-order chi connectivity index (χ1) is 6.06. The smallest absolute Gasteiger partial charge is 0.371 e. The van der Waals surface area contributed by atoms with Gasteiger partial charge in [-0.05, 0) is 6.08 Å². The highest BCUT2D eigenvalue weighted by atomic mass is 16.7. The van der Waals surface area contributed by atoms with Crippen molar-refractivity contribution in [2.75, 3.05) is 7.11 Å². The Hall–Kier alpha value is -1.11. The Labute approximate surface area is 74.0 Å². The van der Waals surface area contributed by atoms with Gasteiger partial charge in [-0.1, -0.05) is 0 Å². The molecule has 0 fully saturated rings. The van der Waals surface area contributed by atoms with E-state index in [0.717, 1.165) is 6.08 Å². The van der Waals surface area contributed by atoms with Crippen LogP contribution in [-0.2, 0) is 14.3 Å². The lowest BCUT2D eigenvalue weighted by molar-refractivity contribution is -0.195. The molecule has 1 heterocycles. The predicted molar refractivity (Wildman–Crippen MR) is 39.6 cm³/mol. The van der Waals surface area contributed by atoms with Crippen molar-refractivity contribution in [3.63, 3.8) is 0 Å².